The molecule has 0 saturated carbocycles. The van der Waals surface area contributed by atoms with Crippen molar-refractivity contribution in [1.29, 1.82) is 0 Å². The first-order valence-electron chi connectivity index (χ1n) is 5.40. The van der Waals surface area contributed by atoms with E-state index in [1.807, 2.05) is 0 Å². The van der Waals surface area contributed by atoms with Crippen molar-refractivity contribution in [3.05, 3.63) is 23.8 Å². The normalized spacial score (nSPS) is 22.4. The summed E-state index contributed by atoms with van der Waals surface area (Å²) >= 11 is 0. The molecule has 2 aliphatic heterocycles. The minimum Gasteiger partial charge on any atom is -0.454 e. The highest BCUT2D eigenvalue weighted by Gasteiger charge is 2.26. The third-order valence-corrected chi connectivity index (χ3v) is 2.88. The third kappa shape index (κ3) is 1.55. The van der Waals surface area contributed by atoms with Crippen LogP contribution in [0.15, 0.2) is 18.2 Å². The summed E-state index contributed by atoms with van der Waals surface area (Å²) in [5, 5.41) is 0. The first kappa shape index (κ1) is 9.66. The molecule has 0 N–H and O–H groups in total. The highest BCUT2D eigenvalue weighted by Crippen LogP contribution is 2.33. The van der Waals surface area contributed by atoms with Crippen molar-refractivity contribution in [2.24, 2.45) is 0 Å². The molecule has 0 aromatic heterocycles. The topological polar surface area (TPSA) is 44.8 Å². The van der Waals surface area contributed by atoms with Gasteiger partial charge in [-0.05, 0) is 31.0 Å². The van der Waals surface area contributed by atoms with Crippen molar-refractivity contribution in [2.75, 3.05) is 13.4 Å². The SMILES string of the molecule is O=C(c1ccc2c(c1)OCO2)C1CCCO1. The van der Waals surface area contributed by atoms with Crippen LogP contribution >= 0.6 is 0 Å². The number of ketones is 1. The Balaban J connectivity index is 1.86. The van der Waals surface area contributed by atoms with Gasteiger partial charge in [0, 0.05) is 12.2 Å². The van der Waals surface area contributed by atoms with E-state index in [2.05, 4.69) is 0 Å². The summed E-state index contributed by atoms with van der Waals surface area (Å²) < 4.78 is 15.8. The Morgan fingerprint density at radius 2 is 2.12 bits per heavy atom. The Hall–Kier alpha value is -1.55. The van der Waals surface area contributed by atoms with Gasteiger partial charge in [-0.25, -0.2) is 0 Å². The van der Waals surface area contributed by atoms with Gasteiger partial charge < -0.3 is 14.2 Å². The van der Waals surface area contributed by atoms with Gasteiger partial charge >= 0.3 is 0 Å². The summed E-state index contributed by atoms with van der Waals surface area (Å²) in [6.45, 7) is 0.911. The zero-order chi connectivity index (χ0) is 11.0. The van der Waals surface area contributed by atoms with Gasteiger partial charge in [-0.3, -0.25) is 4.79 Å². The zero-order valence-corrected chi connectivity index (χ0v) is 8.77. The van der Waals surface area contributed by atoms with Gasteiger partial charge in [0.2, 0.25) is 6.79 Å². The zero-order valence-electron chi connectivity index (χ0n) is 8.77. The number of hydrogen-bond donors (Lipinski definition) is 0. The molecule has 0 aliphatic carbocycles. The first-order chi connectivity index (χ1) is 7.84. The molecule has 2 heterocycles. The highest BCUT2D eigenvalue weighted by atomic mass is 16.7. The predicted octanol–water partition coefficient (Wildman–Crippen LogP) is 1.78. The number of hydrogen-bond acceptors (Lipinski definition) is 4. The largest absolute Gasteiger partial charge is 0.454 e. The molecule has 1 aromatic rings. The number of carbonyl (C=O) groups excluding carboxylic acids is 1. The number of benzene rings is 1. The summed E-state index contributed by atoms with van der Waals surface area (Å²) in [5.41, 5.74) is 0.635. The van der Waals surface area contributed by atoms with E-state index in [-0.39, 0.29) is 18.7 Å². The maximum atomic E-state index is 12.0. The molecule has 2 aliphatic rings. The molecule has 0 spiro atoms. The summed E-state index contributed by atoms with van der Waals surface area (Å²) in [6, 6.07) is 5.26. The Labute approximate surface area is 93.1 Å². The molecule has 16 heavy (non-hydrogen) atoms. The van der Waals surface area contributed by atoms with Gasteiger partial charge in [-0.1, -0.05) is 0 Å². The van der Waals surface area contributed by atoms with E-state index in [1.165, 1.54) is 0 Å². The lowest BCUT2D eigenvalue weighted by Crippen LogP contribution is -2.19. The van der Waals surface area contributed by atoms with Crippen LogP contribution in [0.2, 0.25) is 0 Å². The number of rotatable bonds is 2. The van der Waals surface area contributed by atoms with Crippen LogP contribution in [0.5, 0.6) is 11.5 Å². The van der Waals surface area contributed by atoms with Gasteiger partial charge in [-0.2, -0.15) is 0 Å². The second kappa shape index (κ2) is 3.79. The van der Waals surface area contributed by atoms with Gasteiger partial charge in [0.25, 0.3) is 0 Å². The van der Waals surface area contributed by atoms with Crippen LogP contribution in [0.3, 0.4) is 0 Å². The summed E-state index contributed by atoms with van der Waals surface area (Å²) in [7, 11) is 0. The van der Waals surface area contributed by atoms with E-state index in [4.69, 9.17) is 14.2 Å². The Morgan fingerprint density at radius 3 is 2.94 bits per heavy atom. The van der Waals surface area contributed by atoms with Crippen LogP contribution in [-0.4, -0.2) is 25.3 Å². The smallest absolute Gasteiger partial charge is 0.231 e. The predicted molar refractivity (Wildman–Crippen MR) is 55.9 cm³/mol. The number of ether oxygens (including phenoxy) is 3. The van der Waals surface area contributed by atoms with Crippen molar-refractivity contribution in [1.82, 2.24) is 0 Å². The van der Waals surface area contributed by atoms with E-state index in [0.29, 0.717) is 23.7 Å². The molecule has 3 rings (SSSR count). The van der Waals surface area contributed by atoms with Crippen molar-refractivity contribution >= 4 is 5.78 Å². The molecule has 0 amide bonds. The number of fused-ring (bicyclic) bond motifs is 1. The van der Waals surface area contributed by atoms with Crippen LogP contribution in [0.4, 0.5) is 0 Å². The van der Waals surface area contributed by atoms with E-state index >= 15 is 0 Å². The van der Waals surface area contributed by atoms with Gasteiger partial charge in [-0.15, -0.1) is 0 Å². The second-order valence-corrected chi connectivity index (χ2v) is 3.93. The Morgan fingerprint density at radius 1 is 1.25 bits per heavy atom. The lowest BCUT2D eigenvalue weighted by molar-refractivity contribution is 0.0642. The van der Waals surface area contributed by atoms with Crippen LogP contribution in [0, 0.1) is 0 Å². The summed E-state index contributed by atoms with van der Waals surface area (Å²) in [6.07, 6.45) is 1.49. The summed E-state index contributed by atoms with van der Waals surface area (Å²) in [5.74, 6) is 1.38. The fraction of sp³-hybridized carbons (Fsp3) is 0.417. The average molecular weight is 220 g/mol. The molecule has 4 heteroatoms. The molecular formula is C12H12O4. The highest BCUT2D eigenvalue weighted by molar-refractivity contribution is 6.00. The lowest BCUT2D eigenvalue weighted by Gasteiger charge is -2.08. The summed E-state index contributed by atoms with van der Waals surface area (Å²) in [4.78, 5) is 12.0. The maximum Gasteiger partial charge on any atom is 0.231 e. The van der Waals surface area contributed by atoms with E-state index in [9.17, 15) is 4.79 Å². The van der Waals surface area contributed by atoms with Gasteiger partial charge in [0.05, 0.1) is 0 Å². The van der Waals surface area contributed by atoms with Crippen LogP contribution in [0.1, 0.15) is 23.2 Å². The van der Waals surface area contributed by atoms with Crippen LogP contribution < -0.4 is 9.47 Å². The third-order valence-electron chi connectivity index (χ3n) is 2.88. The molecule has 1 saturated heterocycles. The monoisotopic (exact) mass is 220 g/mol. The average Bonchev–Trinajstić information content (AvgIpc) is 2.98. The maximum absolute atomic E-state index is 12.0. The van der Waals surface area contributed by atoms with E-state index in [1.54, 1.807) is 18.2 Å². The van der Waals surface area contributed by atoms with E-state index < -0.39 is 0 Å². The molecule has 1 fully saturated rings. The molecular weight excluding hydrogens is 208 g/mol. The molecule has 0 radical (unpaired) electrons. The standard InChI is InChI=1S/C12H12O4/c13-12(10-2-1-5-14-10)8-3-4-9-11(6-8)16-7-15-9/h3-4,6,10H,1-2,5,7H2. The molecule has 4 nitrogen and oxygen atoms in total. The van der Waals surface area contributed by atoms with Crippen LogP contribution in [-0.2, 0) is 4.74 Å². The van der Waals surface area contributed by atoms with Crippen molar-refractivity contribution < 1.29 is 19.0 Å². The van der Waals surface area contributed by atoms with Gasteiger partial charge in [0.15, 0.2) is 17.3 Å². The Bertz CT molecular complexity index is 421. The van der Waals surface area contributed by atoms with Crippen LogP contribution in [0.25, 0.3) is 0 Å². The Kier molecular flexibility index (Phi) is 2.29. The molecule has 0 bridgehead atoms. The minimum absolute atomic E-state index is 0.0378. The van der Waals surface area contributed by atoms with Crippen molar-refractivity contribution in [3.8, 4) is 11.5 Å². The van der Waals surface area contributed by atoms with Gasteiger partial charge in [0.1, 0.15) is 6.10 Å². The quantitative estimate of drug-likeness (QED) is 0.712. The minimum atomic E-state index is -0.277. The first-order valence-corrected chi connectivity index (χ1v) is 5.40. The molecule has 1 unspecified atom stereocenters. The molecule has 84 valence electrons. The molecule has 1 atom stereocenters. The fourth-order valence-corrected chi connectivity index (χ4v) is 2.02. The van der Waals surface area contributed by atoms with Crippen molar-refractivity contribution in [2.45, 2.75) is 18.9 Å². The van der Waals surface area contributed by atoms with Crippen molar-refractivity contribution in [3.63, 3.8) is 0 Å². The second-order valence-electron chi connectivity index (χ2n) is 3.93. The number of carbonyl (C=O) groups is 1. The lowest BCUT2D eigenvalue weighted by atomic mass is 10.0. The fourth-order valence-electron chi connectivity index (χ4n) is 2.02. The van der Waals surface area contributed by atoms with E-state index in [0.717, 1.165) is 12.8 Å². The number of Topliss-reactive ketones (excluding diaryl/α,β-unsaturated/α-hetero) is 1. The molecule has 1 aromatic carbocycles.